The number of hydrogen-bond donors (Lipinski definition) is 1. The van der Waals surface area contributed by atoms with E-state index >= 15 is 0 Å². The van der Waals surface area contributed by atoms with Gasteiger partial charge in [-0.15, -0.1) is 0 Å². The van der Waals surface area contributed by atoms with Gasteiger partial charge >= 0.3 is 6.18 Å². The minimum Gasteiger partial charge on any atom is -0.497 e. The van der Waals surface area contributed by atoms with Crippen LogP contribution in [0.2, 0.25) is 0 Å². The average Bonchev–Trinajstić information content (AvgIpc) is 3.09. The van der Waals surface area contributed by atoms with Crippen molar-refractivity contribution in [3.8, 4) is 11.6 Å². The van der Waals surface area contributed by atoms with E-state index in [-0.39, 0.29) is 17.6 Å². The molecule has 0 saturated carbocycles. The number of aromatic nitrogens is 4. The highest BCUT2D eigenvalue weighted by Crippen LogP contribution is 2.26. The molecular weight excluding hydrogens is 391 g/mol. The first kappa shape index (κ1) is 20.4. The van der Waals surface area contributed by atoms with Crippen molar-refractivity contribution in [2.75, 3.05) is 20.8 Å². The van der Waals surface area contributed by atoms with Gasteiger partial charge in [0.05, 0.1) is 43.9 Å². The van der Waals surface area contributed by atoms with E-state index in [1.54, 1.807) is 10.6 Å². The van der Waals surface area contributed by atoms with Gasteiger partial charge in [-0.3, -0.25) is 4.79 Å². The molecule has 8 nitrogen and oxygen atoms in total. The van der Waals surface area contributed by atoms with Crippen LogP contribution in [0.15, 0.2) is 24.8 Å². The molecule has 0 radical (unpaired) electrons. The number of amides is 1. The molecule has 3 rings (SSSR count). The van der Waals surface area contributed by atoms with E-state index in [9.17, 15) is 18.0 Å². The Morgan fingerprint density at radius 1 is 1.17 bits per heavy atom. The molecule has 29 heavy (non-hydrogen) atoms. The number of alkyl halides is 3. The summed E-state index contributed by atoms with van der Waals surface area (Å²) in [6.45, 7) is 0.660. The summed E-state index contributed by atoms with van der Waals surface area (Å²) < 4.78 is 49.5. The molecule has 2 heterocycles. The molecule has 0 atom stereocenters. The lowest BCUT2D eigenvalue weighted by Crippen LogP contribution is -2.33. The van der Waals surface area contributed by atoms with Gasteiger partial charge in [-0.05, 0) is 13.0 Å². The summed E-state index contributed by atoms with van der Waals surface area (Å²) in [6.07, 6.45) is -1.66. The van der Waals surface area contributed by atoms with Crippen molar-refractivity contribution in [3.05, 3.63) is 41.6 Å². The Labute approximate surface area is 163 Å². The van der Waals surface area contributed by atoms with Crippen molar-refractivity contribution in [2.24, 2.45) is 0 Å². The van der Waals surface area contributed by atoms with Crippen LogP contribution in [-0.2, 0) is 6.54 Å². The third-order valence-corrected chi connectivity index (χ3v) is 4.28. The molecule has 0 aliphatic rings. The highest BCUT2D eigenvalue weighted by Gasteiger charge is 2.28. The molecule has 2 aromatic heterocycles. The van der Waals surface area contributed by atoms with Crippen LogP contribution in [0.25, 0.3) is 11.0 Å². The van der Waals surface area contributed by atoms with Gasteiger partial charge in [-0.1, -0.05) is 0 Å². The zero-order valence-corrected chi connectivity index (χ0v) is 15.9. The molecule has 0 aliphatic carbocycles. The van der Waals surface area contributed by atoms with Crippen LogP contribution in [0.4, 0.5) is 13.2 Å². The summed E-state index contributed by atoms with van der Waals surface area (Å²) in [5, 5.41) is 1.86. The van der Waals surface area contributed by atoms with Crippen LogP contribution in [-0.4, -0.2) is 52.4 Å². The van der Waals surface area contributed by atoms with E-state index in [1.165, 1.54) is 32.9 Å². The van der Waals surface area contributed by atoms with Gasteiger partial charge in [0.2, 0.25) is 5.88 Å². The summed E-state index contributed by atoms with van der Waals surface area (Å²) in [5.74, 6) is -0.144. The average molecular weight is 409 g/mol. The Balaban J connectivity index is 2.00. The van der Waals surface area contributed by atoms with Crippen LogP contribution in [0.5, 0.6) is 11.6 Å². The molecule has 0 spiro atoms. The first-order valence-corrected chi connectivity index (χ1v) is 8.45. The molecule has 154 valence electrons. The molecule has 0 bridgehead atoms. The molecule has 1 aromatic carbocycles. The van der Waals surface area contributed by atoms with Crippen molar-refractivity contribution < 1.29 is 27.4 Å². The number of nitrogens with zero attached hydrogens (tertiary/aromatic N) is 4. The standard InChI is InChI=1S/C18H18F3N5O3/c1-10-13(23-8-24-17(10)29-3)6-26-9-25-15-12(4-11(28-2)5-14(15)26)16(27)22-7-18(19,20)21/h4-5,8-9H,6-7H2,1-3H3,(H,22,27). The maximum Gasteiger partial charge on any atom is 0.405 e. The number of nitrogens with one attached hydrogen (secondary N) is 1. The quantitative estimate of drug-likeness (QED) is 0.673. The van der Waals surface area contributed by atoms with Crippen LogP contribution < -0.4 is 14.8 Å². The molecule has 1 N–H and O–H groups in total. The van der Waals surface area contributed by atoms with Gasteiger partial charge < -0.3 is 19.4 Å². The fraction of sp³-hybridized carbons (Fsp3) is 0.333. The molecular formula is C18H18F3N5O3. The molecule has 3 aromatic rings. The number of rotatable bonds is 6. The van der Waals surface area contributed by atoms with Crippen molar-refractivity contribution >= 4 is 16.9 Å². The number of hydrogen-bond acceptors (Lipinski definition) is 6. The van der Waals surface area contributed by atoms with Crippen molar-refractivity contribution in [1.82, 2.24) is 24.8 Å². The smallest absolute Gasteiger partial charge is 0.405 e. The van der Waals surface area contributed by atoms with E-state index in [0.717, 1.165) is 5.56 Å². The maximum atomic E-state index is 12.5. The first-order chi connectivity index (χ1) is 13.7. The maximum absolute atomic E-state index is 12.5. The first-order valence-electron chi connectivity index (χ1n) is 8.45. The third-order valence-electron chi connectivity index (χ3n) is 4.28. The van der Waals surface area contributed by atoms with Gasteiger partial charge in [0.15, 0.2) is 0 Å². The van der Waals surface area contributed by atoms with E-state index in [0.29, 0.717) is 22.8 Å². The van der Waals surface area contributed by atoms with Crippen molar-refractivity contribution in [2.45, 2.75) is 19.6 Å². The Morgan fingerprint density at radius 3 is 2.59 bits per heavy atom. The van der Waals surface area contributed by atoms with Crippen LogP contribution >= 0.6 is 0 Å². The van der Waals surface area contributed by atoms with Gasteiger partial charge in [0.25, 0.3) is 5.91 Å². The number of carbonyl (C=O) groups excluding carboxylic acids is 1. The number of carbonyl (C=O) groups is 1. The summed E-state index contributed by atoms with van der Waals surface area (Å²) in [7, 11) is 2.90. The Hall–Kier alpha value is -3.37. The zero-order valence-electron chi connectivity index (χ0n) is 15.9. The van der Waals surface area contributed by atoms with Crippen LogP contribution in [0.1, 0.15) is 21.6 Å². The summed E-state index contributed by atoms with van der Waals surface area (Å²) >= 11 is 0. The molecule has 0 fully saturated rings. The second kappa shape index (κ2) is 7.94. The lowest BCUT2D eigenvalue weighted by molar-refractivity contribution is -0.123. The molecule has 0 saturated heterocycles. The predicted octanol–water partition coefficient (Wildman–Crippen LogP) is 2.49. The second-order valence-corrected chi connectivity index (χ2v) is 6.17. The third kappa shape index (κ3) is 4.39. The topological polar surface area (TPSA) is 91.2 Å². The summed E-state index contributed by atoms with van der Waals surface area (Å²) in [4.78, 5) is 24.8. The monoisotopic (exact) mass is 409 g/mol. The minimum atomic E-state index is -4.52. The fourth-order valence-electron chi connectivity index (χ4n) is 2.82. The van der Waals surface area contributed by atoms with E-state index in [2.05, 4.69) is 15.0 Å². The normalized spacial score (nSPS) is 11.5. The SMILES string of the molecule is COc1cc(C(=O)NCC(F)(F)F)c2ncn(Cc3ncnc(OC)c3C)c2c1. The number of fused-ring (bicyclic) bond motifs is 1. The highest BCUT2D eigenvalue weighted by molar-refractivity contribution is 6.05. The largest absolute Gasteiger partial charge is 0.497 e. The van der Waals surface area contributed by atoms with Crippen LogP contribution in [0, 0.1) is 6.92 Å². The van der Waals surface area contributed by atoms with E-state index in [1.807, 2.05) is 12.2 Å². The van der Waals surface area contributed by atoms with E-state index in [4.69, 9.17) is 9.47 Å². The number of methoxy groups -OCH3 is 2. The van der Waals surface area contributed by atoms with Gasteiger partial charge in [0, 0.05) is 11.6 Å². The molecule has 1 amide bonds. The predicted molar refractivity (Wildman–Crippen MR) is 97.1 cm³/mol. The zero-order chi connectivity index (χ0) is 21.2. The molecule has 11 heteroatoms. The number of imidazole rings is 1. The van der Waals surface area contributed by atoms with Crippen molar-refractivity contribution in [1.29, 1.82) is 0 Å². The molecule has 0 unspecified atom stereocenters. The Morgan fingerprint density at radius 2 is 1.93 bits per heavy atom. The van der Waals surface area contributed by atoms with Gasteiger partial charge in [-0.25, -0.2) is 15.0 Å². The number of halogens is 3. The second-order valence-electron chi connectivity index (χ2n) is 6.17. The van der Waals surface area contributed by atoms with E-state index < -0.39 is 18.6 Å². The van der Waals surface area contributed by atoms with Crippen molar-refractivity contribution in [3.63, 3.8) is 0 Å². The number of ether oxygens (including phenoxy) is 2. The fourth-order valence-corrected chi connectivity index (χ4v) is 2.82. The highest BCUT2D eigenvalue weighted by atomic mass is 19.4. The summed E-state index contributed by atoms with van der Waals surface area (Å²) in [6, 6.07) is 3.00. The lowest BCUT2D eigenvalue weighted by atomic mass is 10.1. The van der Waals surface area contributed by atoms with Gasteiger partial charge in [0.1, 0.15) is 24.1 Å². The minimum absolute atomic E-state index is 0.0145. The number of benzene rings is 1. The Kier molecular flexibility index (Phi) is 5.57. The van der Waals surface area contributed by atoms with Gasteiger partial charge in [-0.2, -0.15) is 13.2 Å². The lowest BCUT2D eigenvalue weighted by Gasteiger charge is -2.12. The Bertz CT molecular complexity index is 1050. The van der Waals surface area contributed by atoms with Crippen LogP contribution in [0.3, 0.4) is 0 Å². The summed E-state index contributed by atoms with van der Waals surface area (Å²) in [5.41, 5.74) is 2.16. The molecule has 0 aliphatic heterocycles.